The van der Waals surface area contributed by atoms with Crippen LogP contribution in [0.2, 0.25) is 5.15 Å². The van der Waals surface area contributed by atoms with Crippen LogP contribution in [0.3, 0.4) is 0 Å². The second kappa shape index (κ2) is 8.22. The fraction of sp³-hybridized carbons (Fsp3) is 0.438. The number of benzene rings is 1. The van der Waals surface area contributed by atoms with Crippen molar-refractivity contribution in [3.63, 3.8) is 0 Å². The molecule has 6 nitrogen and oxygen atoms in total. The fourth-order valence-corrected chi connectivity index (χ4v) is 4.73. The van der Waals surface area contributed by atoms with Crippen molar-refractivity contribution in [2.24, 2.45) is 0 Å². The maximum Gasteiger partial charge on any atom is 0.244 e. The minimum absolute atomic E-state index is 0.0729. The molecule has 0 spiro atoms. The van der Waals surface area contributed by atoms with E-state index in [1.54, 1.807) is 28.6 Å². The first kappa shape index (κ1) is 19.1. The van der Waals surface area contributed by atoms with E-state index in [4.69, 9.17) is 11.6 Å². The summed E-state index contributed by atoms with van der Waals surface area (Å²) in [4.78, 5) is 4.29. The van der Waals surface area contributed by atoms with Gasteiger partial charge < -0.3 is 10.6 Å². The highest BCUT2D eigenvalue weighted by atomic mass is 35.5. The first-order valence-electron chi connectivity index (χ1n) is 7.77. The summed E-state index contributed by atoms with van der Waals surface area (Å²) in [5.74, 6) is 0. The van der Waals surface area contributed by atoms with E-state index in [9.17, 15) is 8.42 Å². The van der Waals surface area contributed by atoms with Crippen LogP contribution in [-0.2, 0) is 10.0 Å². The Morgan fingerprint density at radius 2 is 2.00 bits per heavy atom. The maximum absolute atomic E-state index is 13.0. The lowest BCUT2D eigenvalue weighted by Gasteiger charge is -2.33. The molecule has 24 heavy (non-hydrogen) atoms. The third-order valence-electron chi connectivity index (χ3n) is 3.74. The molecule has 1 aliphatic heterocycles. The number of pyridine rings is 1. The molecule has 1 unspecified atom stereocenters. The van der Waals surface area contributed by atoms with Crippen LogP contribution in [0.5, 0.6) is 0 Å². The Balaban J connectivity index is 0.000000647. The van der Waals surface area contributed by atoms with Gasteiger partial charge in [0.2, 0.25) is 10.0 Å². The molecule has 1 fully saturated rings. The van der Waals surface area contributed by atoms with Crippen LogP contribution >= 0.6 is 11.6 Å². The van der Waals surface area contributed by atoms with Crippen molar-refractivity contribution in [1.82, 2.24) is 19.9 Å². The van der Waals surface area contributed by atoms with E-state index in [2.05, 4.69) is 15.6 Å². The zero-order valence-corrected chi connectivity index (χ0v) is 15.7. The van der Waals surface area contributed by atoms with E-state index in [1.807, 2.05) is 21.0 Å². The van der Waals surface area contributed by atoms with Crippen LogP contribution in [0.25, 0.3) is 10.8 Å². The Hall–Kier alpha value is -1.25. The topological polar surface area (TPSA) is 74.3 Å². The second-order valence-electron chi connectivity index (χ2n) is 5.62. The van der Waals surface area contributed by atoms with E-state index < -0.39 is 10.0 Å². The molecule has 0 saturated carbocycles. The van der Waals surface area contributed by atoms with Gasteiger partial charge in [0.05, 0.1) is 4.90 Å². The summed E-state index contributed by atoms with van der Waals surface area (Å²) < 4.78 is 27.5. The summed E-state index contributed by atoms with van der Waals surface area (Å²) in [6.07, 6.45) is 1.53. The summed E-state index contributed by atoms with van der Waals surface area (Å²) in [6.45, 7) is 3.70. The van der Waals surface area contributed by atoms with Gasteiger partial charge >= 0.3 is 0 Å². The highest BCUT2D eigenvalue weighted by Gasteiger charge is 2.32. The molecule has 0 bridgehead atoms. The number of aromatic nitrogens is 1. The molecule has 0 aliphatic carbocycles. The smallest absolute Gasteiger partial charge is 0.244 e. The van der Waals surface area contributed by atoms with Crippen LogP contribution in [0.4, 0.5) is 0 Å². The quantitative estimate of drug-likeness (QED) is 0.787. The number of hydrogen-bond donors (Lipinski definition) is 2. The lowest BCUT2D eigenvalue weighted by Crippen LogP contribution is -2.52. The molecule has 1 saturated heterocycles. The number of sulfonamides is 1. The lowest BCUT2D eigenvalue weighted by molar-refractivity contribution is 0.284. The maximum atomic E-state index is 13.0. The van der Waals surface area contributed by atoms with Gasteiger partial charge in [0.25, 0.3) is 0 Å². The zero-order chi connectivity index (χ0) is 17.7. The molecule has 1 atom stereocenters. The van der Waals surface area contributed by atoms with E-state index in [0.717, 1.165) is 0 Å². The van der Waals surface area contributed by atoms with Crippen LogP contribution in [0.15, 0.2) is 35.4 Å². The predicted octanol–water partition coefficient (Wildman–Crippen LogP) is 1.71. The largest absolute Gasteiger partial charge is 0.323 e. The van der Waals surface area contributed by atoms with Gasteiger partial charge in [-0.15, -0.1) is 0 Å². The minimum atomic E-state index is -3.55. The molecule has 1 aromatic heterocycles. The first-order chi connectivity index (χ1) is 11.4. The molecule has 2 heterocycles. The summed E-state index contributed by atoms with van der Waals surface area (Å²) in [5.41, 5.74) is 0. The van der Waals surface area contributed by atoms with Crippen LogP contribution < -0.4 is 10.6 Å². The highest BCUT2D eigenvalue weighted by molar-refractivity contribution is 7.89. The Morgan fingerprint density at radius 3 is 2.67 bits per heavy atom. The van der Waals surface area contributed by atoms with Gasteiger partial charge in [-0.3, -0.25) is 0 Å². The Morgan fingerprint density at radius 1 is 1.29 bits per heavy atom. The van der Waals surface area contributed by atoms with Crippen molar-refractivity contribution < 1.29 is 8.42 Å². The van der Waals surface area contributed by atoms with Gasteiger partial charge in [-0.1, -0.05) is 23.7 Å². The number of piperazine rings is 1. The molecule has 3 rings (SSSR count). The second-order valence-corrected chi connectivity index (χ2v) is 7.84. The summed E-state index contributed by atoms with van der Waals surface area (Å²) >= 11 is 6.06. The molecule has 2 aromatic rings. The zero-order valence-electron chi connectivity index (χ0n) is 14.1. The van der Waals surface area contributed by atoms with Crippen molar-refractivity contribution in [2.75, 3.05) is 33.7 Å². The van der Waals surface area contributed by atoms with Crippen molar-refractivity contribution in [1.29, 1.82) is 0 Å². The van der Waals surface area contributed by atoms with Crippen LogP contribution in [0, 0.1) is 0 Å². The average molecular weight is 371 g/mol. The molecule has 1 aromatic carbocycles. The van der Waals surface area contributed by atoms with Crippen LogP contribution in [-0.4, -0.2) is 57.5 Å². The summed E-state index contributed by atoms with van der Waals surface area (Å²) in [5, 5.41) is 7.53. The summed E-state index contributed by atoms with van der Waals surface area (Å²) in [7, 11) is 0.202. The third-order valence-corrected chi connectivity index (χ3v) is 6.12. The first-order valence-corrected chi connectivity index (χ1v) is 9.59. The highest BCUT2D eigenvalue weighted by Crippen LogP contribution is 2.29. The molecule has 1 aliphatic rings. The van der Waals surface area contributed by atoms with E-state index in [1.165, 1.54) is 6.20 Å². The van der Waals surface area contributed by atoms with Gasteiger partial charge in [-0.05, 0) is 33.2 Å². The standard InChI is InChI=1S/C14H16ClN3O2S.C2H7N/c1-10-9-16-7-8-18(10)21(19,20)13-4-2-3-12-11(13)5-6-17-14(12)15;1-3-2/h2-6,10,16H,7-9H2,1H3;3H,1-2H3. The summed E-state index contributed by atoms with van der Waals surface area (Å²) in [6, 6.07) is 6.74. The van der Waals surface area contributed by atoms with Gasteiger partial charge in [0.15, 0.2) is 0 Å². The molecule has 0 amide bonds. The number of halogens is 1. The SMILES string of the molecule is CC1CNCCN1S(=O)(=O)c1cccc2c(Cl)nccc12.CNC. The van der Waals surface area contributed by atoms with Gasteiger partial charge in [0, 0.05) is 42.6 Å². The Bertz CT molecular complexity index is 798. The third kappa shape index (κ3) is 3.87. The van der Waals surface area contributed by atoms with Crippen LogP contribution in [0.1, 0.15) is 6.92 Å². The van der Waals surface area contributed by atoms with Gasteiger partial charge in [0.1, 0.15) is 5.15 Å². The number of fused-ring (bicyclic) bond motifs is 1. The fourth-order valence-electron chi connectivity index (χ4n) is 2.67. The number of nitrogens with one attached hydrogen (secondary N) is 2. The molecule has 132 valence electrons. The monoisotopic (exact) mass is 370 g/mol. The van der Waals surface area contributed by atoms with E-state index >= 15 is 0 Å². The van der Waals surface area contributed by atoms with Crippen molar-refractivity contribution in [3.05, 3.63) is 35.6 Å². The molecular formula is C16H23ClN4O2S. The Labute approximate surface area is 148 Å². The molecule has 0 radical (unpaired) electrons. The van der Waals surface area contributed by atoms with Gasteiger partial charge in [-0.25, -0.2) is 13.4 Å². The number of nitrogens with zero attached hydrogens (tertiary/aromatic N) is 2. The van der Waals surface area contributed by atoms with Crippen molar-refractivity contribution in [2.45, 2.75) is 17.9 Å². The van der Waals surface area contributed by atoms with E-state index in [0.29, 0.717) is 35.6 Å². The van der Waals surface area contributed by atoms with E-state index in [-0.39, 0.29) is 10.9 Å². The lowest BCUT2D eigenvalue weighted by atomic mass is 10.2. The number of rotatable bonds is 2. The number of hydrogen-bond acceptors (Lipinski definition) is 5. The predicted molar refractivity (Wildman–Crippen MR) is 98.0 cm³/mol. The van der Waals surface area contributed by atoms with Crippen molar-refractivity contribution in [3.8, 4) is 0 Å². The molecule has 2 N–H and O–H groups in total. The van der Waals surface area contributed by atoms with Crippen molar-refractivity contribution >= 4 is 32.4 Å². The normalized spacial score (nSPS) is 18.9. The molecule has 8 heteroatoms. The minimum Gasteiger partial charge on any atom is -0.323 e. The van der Waals surface area contributed by atoms with Gasteiger partial charge in [-0.2, -0.15) is 4.31 Å². The Kier molecular flexibility index (Phi) is 6.54. The molecular weight excluding hydrogens is 348 g/mol. The average Bonchev–Trinajstić information content (AvgIpc) is 2.56.